The molecule has 0 unspecified atom stereocenters. The van der Waals surface area contributed by atoms with E-state index >= 15 is 0 Å². The summed E-state index contributed by atoms with van der Waals surface area (Å²) in [5.41, 5.74) is -0.0786. The van der Waals surface area contributed by atoms with Crippen LogP contribution in [0.4, 0.5) is 0 Å². The van der Waals surface area contributed by atoms with E-state index in [0.29, 0.717) is 36.6 Å². The number of benzene rings is 1. The summed E-state index contributed by atoms with van der Waals surface area (Å²) in [5.74, 6) is -0.318. The average molecular weight is 562 g/mol. The van der Waals surface area contributed by atoms with Gasteiger partial charge in [-0.2, -0.15) is 5.26 Å². The van der Waals surface area contributed by atoms with E-state index in [0.717, 1.165) is 17.3 Å². The number of aryl methyl sites for hydroxylation is 1. The van der Waals surface area contributed by atoms with Crippen LogP contribution in [0.5, 0.6) is 0 Å². The van der Waals surface area contributed by atoms with E-state index in [2.05, 4.69) is 16.4 Å². The maximum absolute atomic E-state index is 13.4. The lowest BCUT2D eigenvalue weighted by atomic mass is 9.89. The Hall–Kier alpha value is -2.57. The summed E-state index contributed by atoms with van der Waals surface area (Å²) in [4.78, 5) is 14.9. The van der Waals surface area contributed by atoms with Crippen LogP contribution in [0.3, 0.4) is 0 Å². The van der Waals surface area contributed by atoms with Crippen molar-refractivity contribution in [3.05, 3.63) is 35.5 Å². The number of hydrogen-bond donors (Lipinski definition) is 4. The van der Waals surface area contributed by atoms with Crippen molar-refractivity contribution in [2.75, 3.05) is 33.4 Å². The third-order valence-electron chi connectivity index (χ3n) is 7.36. The van der Waals surface area contributed by atoms with Gasteiger partial charge in [0.15, 0.2) is 0 Å². The van der Waals surface area contributed by atoms with Gasteiger partial charge in [-0.15, -0.1) is 16.9 Å². The molecule has 4 rings (SSSR count). The number of hydrogen-bond acceptors (Lipinski definition) is 11. The van der Waals surface area contributed by atoms with E-state index in [-0.39, 0.29) is 18.7 Å². The van der Waals surface area contributed by atoms with Crippen molar-refractivity contribution in [2.24, 2.45) is 0 Å². The van der Waals surface area contributed by atoms with E-state index in [9.17, 15) is 30.5 Å². The molecule has 12 nitrogen and oxygen atoms in total. The lowest BCUT2D eigenvalue weighted by Crippen LogP contribution is -2.58. The molecule has 0 radical (unpaired) electrons. The van der Waals surface area contributed by atoms with Gasteiger partial charge in [0.2, 0.25) is 5.91 Å². The van der Waals surface area contributed by atoms with E-state index in [1.807, 2.05) is 19.9 Å². The van der Waals surface area contributed by atoms with Crippen LogP contribution < -0.4 is 0 Å². The monoisotopic (exact) mass is 561 g/mol. The average Bonchev–Trinajstić information content (AvgIpc) is 3.41. The van der Waals surface area contributed by atoms with E-state index in [1.54, 1.807) is 25.4 Å². The number of nitrogens with zero attached hydrogens (tertiary/aromatic N) is 5. The third-order valence-corrected chi connectivity index (χ3v) is 8.93. The minimum atomic E-state index is -1.39. The van der Waals surface area contributed by atoms with Crippen molar-refractivity contribution >= 4 is 17.7 Å². The zero-order chi connectivity index (χ0) is 28.3. The summed E-state index contributed by atoms with van der Waals surface area (Å²) in [6.45, 7) is 4.14. The molecule has 39 heavy (non-hydrogen) atoms. The first-order chi connectivity index (χ1) is 18.6. The van der Waals surface area contributed by atoms with Crippen LogP contribution in [0.2, 0.25) is 0 Å². The number of rotatable bonds is 8. The van der Waals surface area contributed by atoms with Crippen LogP contribution in [-0.4, -0.2) is 114 Å². The van der Waals surface area contributed by atoms with Crippen LogP contribution in [0.15, 0.2) is 24.4 Å². The minimum absolute atomic E-state index is 0.236. The summed E-state index contributed by atoms with van der Waals surface area (Å²) < 4.78 is 12.6. The lowest BCUT2D eigenvalue weighted by molar-refractivity contribution is -0.179. The molecule has 2 fully saturated rings. The third kappa shape index (κ3) is 6.12. The Labute approximate surface area is 231 Å². The maximum Gasteiger partial charge on any atom is 0.238 e. The van der Waals surface area contributed by atoms with E-state index in [4.69, 9.17) is 9.47 Å². The predicted molar refractivity (Wildman–Crippen MR) is 141 cm³/mol. The lowest BCUT2D eigenvalue weighted by Gasteiger charge is -2.45. The Kier molecular flexibility index (Phi) is 9.28. The molecule has 1 amide bonds. The fraction of sp³-hybridized carbons (Fsp3) is 0.615. The molecule has 13 heteroatoms. The zero-order valence-electron chi connectivity index (χ0n) is 22.2. The second-order valence-electron chi connectivity index (χ2n) is 10.1. The highest BCUT2D eigenvalue weighted by Crippen LogP contribution is 2.42. The van der Waals surface area contributed by atoms with E-state index in [1.165, 1.54) is 9.58 Å². The molecule has 2 aliphatic rings. The smallest absolute Gasteiger partial charge is 0.238 e. The van der Waals surface area contributed by atoms with Crippen LogP contribution in [0.25, 0.3) is 11.3 Å². The molecule has 0 spiro atoms. The van der Waals surface area contributed by atoms with Gasteiger partial charge < -0.3 is 34.8 Å². The molecule has 4 N–H and O–H groups in total. The molecule has 212 valence electrons. The quantitative estimate of drug-likeness (QED) is 0.347. The molecule has 2 aliphatic heterocycles. The first-order valence-electron chi connectivity index (χ1n) is 12.9. The van der Waals surface area contributed by atoms with Gasteiger partial charge in [0.1, 0.15) is 40.7 Å². The molecular formula is C26H35N5O7S. The van der Waals surface area contributed by atoms with Gasteiger partial charge in [-0.3, -0.25) is 4.79 Å². The Morgan fingerprint density at radius 2 is 2.03 bits per heavy atom. The topological polar surface area (TPSA) is 174 Å². The number of carbonyl (C=O) groups excluding carboxylic acids is 1. The molecule has 0 bridgehead atoms. The second kappa shape index (κ2) is 12.3. The molecule has 6 atom stereocenters. The first-order valence-corrected chi connectivity index (χ1v) is 13.8. The Bertz CT molecular complexity index is 1200. The van der Waals surface area contributed by atoms with Gasteiger partial charge in [-0.25, -0.2) is 4.68 Å². The largest absolute Gasteiger partial charge is 0.394 e. The molecule has 0 aliphatic carbocycles. The highest BCUT2D eigenvalue weighted by atomic mass is 32.2. The number of nitriles is 1. The Morgan fingerprint density at radius 3 is 2.67 bits per heavy atom. The Balaban J connectivity index is 1.65. The SMILES string of the molecule is CCN(C)C(=O)[C@@H](S[C@@H]1O[C@H](CO)[C@H](O)[C@H](n2cc(-c3cc(C)cc(C#N)c3)nn2)[C@H]1O)C1(O)CCOCC1. The number of amides is 1. The number of aliphatic hydroxyl groups is 4. The van der Waals surface area contributed by atoms with Crippen LogP contribution in [-0.2, 0) is 14.3 Å². The van der Waals surface area contributed by atoms with Crippen molar-refractivity contribution < 1.29 is 34.7 Å². The zero-order valence-corrected chi connectivity index (χ0v) is 23.0. The number of ether oxygens (including phenoxy) is 2. The van der Waals surface area contributed by atoms with Gasteiger partial charge in [0.05, 0.1) is 30.0 Å². The summed E-state index contributed by atoms with van der Waals surface area (Å²) in [5, 5.41) is 60.6. The number of thioether (sulfide) groups is 1. The normalized spacial score (nSPS) is 27.5. The van der Waals surface area contributed by atoms with Gasteiger partial charge in [-0.1, -0.05) is 5.21 Å². The molecule has 2 aromatic rings. The Morgan fingerprint density at radius 1 is 1.31 bits per heavy atom. The van der Waals surface area contributed by atoms with Crippen molar-refractivity contribution in [1.82, 2.24) is 19.9 Å². The minimum Gasteiger partial charge on any atom is -0.394 e. The molecule has 0 saturated carbocycles. The summed E-state index contributed by atoms with van der Waals surface area (Å²) in [7, 11) is 1.64. The molecule has 3 heterocycles. The van der Waals surface area contributed by atoms with Gasteiger partial charge >= 0.3 is 0 Å². The predicted octanol–water partition coefficient (Wildman–Crippen LogP) is 0.227. The molecule has 1 aromatic heterocycles. The fourth-order valence-corrected chi connectivity index (χ4v) is 6.52. The standard InChI is InChI=1S/C26H35N5O7S/c1-4-30(3)24(35)23(26(36)5-7-37-8-6-26)39-25-22(34)20(21(33)19(14-32)38-25)31-13-18(28-29-31)17-10-15(2)9-16(11-17)12-27/h9-11,13,19-23,25,32-34,36H,4-8,14H2,1-3H3/t19-,20+,21+,22-,23-,25+/m1/s1. The van der Waals surface area contributed by atoms with Gasteiger partial charge in [-0.05, 0) is 37.6 Å². The van der Waals surface area contributed by atoms with Crippen molar-refractivity contribution in [3.63, 3.8) is 0 Å². The summed E-state index contributed by atoms with van der Waals surface area (Å²) in [6.07, 6.45) is -1.78. The van der Waals surface area contributed by atoms with Gasteiger partial charge in [0.25, 0.3) is 0 Å². The molecular weight excluding hydrogens is 526 g/mol. The number of aliphatic hydroxyl groups excluding tert-OH is 3. The summed E-state index contributed by atoms with van der Waals surface area (Å²) >= 11 is 0.972. The maximum atomic E-state index is 13.4. The van der Waals surface area contributed by atoms with Crippen LogP contribution in [0.1, 0.15) is 36.9 Å². The highest BCUT2D eigenvalue weighted by molar-refractivity contribution is 8.01. The van der Waals surface area contributed by atoms with Crippen molar-refractivity contribution in [1.29, 1.82) is 5.26 Å². The highest BCUT2D eigenvalue weighted by Gasteiger charge is 2.51. The van der Waals surface area contributed by atoms with E-state index < -0.39 is 47.2 Å². The number of carbonyl (C=O) groups is 1. The molecule has 2 saturated heterocycles. The number of aromatic nitrogens is 3. The second-order valence-corrected chi connectivity index (χ2v) is 11.3. The van der Waals surface area contributed by atoms with Crippen molar-refractivity contribution in [3.8, 4) is 17.3 Å². The first kappa shape index (κ1) is 29.4. The molecule has 1 aromatic carbocycles. The van der Waals surface area contributed by atoms with Crippen molar-refractivity contribution in [2.45, 2.75) is 67.3 Å². The van der Waals surface area contributed by atoms with Crippen LogP contribution >= 0.6 is 11.8 Å². The fourth-order valence-electron chi connectivity index (χ4n) is 4.93. The van der Waals surface area contributed by atoms with Crippen LogP contribution in [0, 0.1) is 18.3 Å². The summed E-state index contributed by atoms with van der Waals surface area (Å²) in [6, 6.07) is 6.30. The van der Waals surface area contributed by atoms with Gasteiger partial charge in [0, 0.05) is 45.2 Å².